The van der Waals surface area contributed by atoms with E-state index in [1.165, 1.54) is 13.3 Å². The number of carbonyl (C=O) groups is 1. The van der Waals surface area contributed by atoms with Crippen LogP contribution in [0, 0.1) is 0 Å². The van der Waals surface area contributed by atoms with Crippen LogP contribution in [0.1, 0.15) is 17.3 Å². The van der Waals surface area contributed by atoms with Gasteiger partial charge in [-0.25, -0.2) is 4.98 Å². The Morgan fingerprint density at radius 1 is 1.33 bits per heavy atom. The van der Waals surface area contributed by atoms with Crippen LogP contribution in [-0.2, 0) is 0 Å². The summed E-state index contributed by atoms with van der Waals surface area (Å²) < 4.78 is 5.06. The first-order valence-electron chi connectivity index (χ1n) is 6.49. The van der Waals surface area contributed by atoms with Gasteiger partial charge in [0, 0.05) is 18.4 Å². The number of rotatable bonds is 5. The van der Waals surface area contributed by atoms with Crippen LogP contribution in [0.4, 0.5) is 11.5 Å². The molecule has 0 saturated heterocycles. The van der Waals surface area contributed by atoms with Crippen molar-refractivity contribution in [2.45, 2.75) is 6.92 Å². The Balaban J connectivity index is 2.08. The first kappa shape index (κ1) is 15.1. The van der Waals surface area contributed by atoms with Gasteiger partial charge >= 0.3 is 0 Å². The smallest absolute Gasteiger partial charge is 0.257 e. The summed E-state index contributed by atoms with van der Waals surface area (Å²) in [5.74, 6) is 1.06. The molecule has 0 aliphatic rings. The van der Waals surface area contributed by atoms with Gasteiger partial charge in [-0.1, -0.05) is 11.6 Å². The van der Waals surface area contributed by atoms with E-state index >= 15 is 0 Å². The van der Waals surface area contributed by atoms with Crippen LogP contribution < -0.4 is 15.4 Å². The number of amides is 1. The van der Waals surface area contributed by atoms with Crippen LogP contribution in [0.2, 0.25) is 5.02 Å². The lowest BCUT2D eigenvalue weighted by Crippen LogP contribution is -2.12. The Labute approximate surface area is 128 Å². The van der Waals surface area contributed by atoms with Crippen LogP contribution in [0.5, 0.6) is 5.75 Å². The molecule has 1 amide bonds. The molecule has 21 heavy (non-hydrogen) atoms. The number of hydrogen-bond donors (Lipinski definition) is 2. The van der Waals surface area contributed by atoms with E-state index in [9.17, 15) is 4.79 Å². The molecule has 0 unspecified atom stereocenters. The largest absolute Gasteiger partial charge is 0.495 e. The minimum Gasteiger partial charge on any atom is -0.495 e. The molecule has 1 heterocycles. The van der Waals surface area contributed by atoms with Gasteiger partial charge in [0.05, 0.1) is 17.7 Å². The number of halogens is 1. The first-order chi connectivity index (χ1) is 10.1. The topological polar surface area (TPSA) is 63.2 Å². The molecule has 6 heteroatoms. The van der Waals surface area contributed by atoms with E-state index in [1.807, 2.05) is 6.92 Å². The molecule has 2 rings (SSSR count). The summed E-state index contributed by atoms with van der Waals surface area (Å²) in [7, 11) is 1.54. The van der Waals surface area contributed by atoms with E-state index in [0.717, 1.165) is 12.4 Å². The zero-order valence-electron chi connectivity index (χ0n) is 11.8. The number of methoxy groups -OCH3 is 1. The maximum Gasteiger partial charge on any atom is 0.257 e. The highest BCUT2D eigenvalue weighted by Gasteiger charge is 2.08. The number of aromatic nitrogens is 1. The van der Waals surface area contributed by atoms with Gasteiger partial charge in [0.2, 0.25) is 0 Å². The summed E-state index contributed by atoms with van der Waals surface area (Å²) in [5, 5.41) is 6.27. The predicted molar refractivity (Wildman–Crippen MR) is 84.4 cm³/mol. The van der Waals surface area contributed by atoms with Crippen molar-refractivity contribution in [3.8, 4) is 5.75 Å². The van der Waals surface area contributed by atoms with E-state index in [-0.39, 0.29) is 5.91 Å². The van der Waals surface area contributed by atoms with E-state index in [4.69, 9.17) is 16.3 Å². The Bertz CT molecular complexity index is 629. The molecule has 0 radical (unpaired) electrons. The Hall–Kier alpha value is -2.27. The molecule has 0 aliphatic heterocycles. The highest BCUT2D eigenvalue weighted by Crippen LogP contribution is 2.27. The number of carbonyl (C=O) groups excluding carboxylic acids is 1. The van der Waals surface area contributed by atoms with E-state index in [2.05, 4.69) is 15.6 Å². The van der Waals surface area contributed by atoms with E-state index < -0.39 is 0 Å². The maximum atomic E-state index is 12.1. The maximum absolute atomic E-state index is 12.1. The molecule has 0 fully saturated rings. The average molecular weight is 306 g/mol. The molecule has 1 aromatic heterocycles. The number of pyridine rings is 1. The van der Waals surface area contributed by atoms with Crippen LogP contribution in [0.15, 0.2) is 36.5 Å². The van der Waals surface area contributed by atoms with Crippen molar-refractivity contribution in [2.24, 2.45) is 0 Å². The standard InChI is InChI=1S/C15H16ClN3O2/c1-3-17-14-7-4-10(9-18-14)15(20)19-11-5-6-13(21-2)12(16)8-11/h4-9H,3H2,1-2H3,(H,17,18)(H,19,20). The molecule has 0 saturated carbocycles. The van der Waals surface area contributed by atoms with Crippen molar-refractivity contribution in [1.82, 2.24) is 4.98 Å². The average Bonchev–Trinajstić information content (AvgIpc) is 2.48. The Morgan fingerprint density at radius 3 is 2.71 bits per heavy atom. The molecular formula is C15H16ClN3O2. The zero-order valence-corrected chi connectivity index (χ0v) is 12.6. The van der Waals surface area contributed by atoms with E-state index in [1.54, 1.807) is 30.3 Å². The Kier molecular flexibility index (Phi) is 5.00. The minimum atomic E-state index is -0.244. The van der Waals surface area contributed by atoms with Crippen molar-refractivity contribution in [1.29, 1.82) is 0 Å². The van der Waals surface area contributed by atoms with Crippen LogP contribution in [0.3, 0.4) is 0 Å². The number of nitrogens with one attached hydrogen (secondary N) is 2. The van der Waals surface area contributed by atoms with Gasteiger partial charge in [-0.3, -0.25) is 4.79 Å². The second kappa shape index (κ2) is 6.95. The monoisotopic (exact) mass is 305 g/mol. The molecule has 0 atom stereocenters. The minimum absolute atomic E-state index is 0.244. The summed E-state index contributed by atoms with van der Waals surface area (Å²) in [5.41, 5.74) is 1.07. The number of nitrogens with zero attached hydrogens (tertiary/aromatic N) is 1. The number of anilines is 2. The van der Waals surface area contributed by atoms with Crippen molar-refractivity contribution < 1.29 is 9.53 Å². The molecule has 110 valence electrons. The SMILES string of the molecule is CCNc1ccc(C(=O)Nc2ccc(OC)c(Cl)c2)cn1. The van der Waals surface area contributed by atoms with Crippen LogP contribution in [0.25, 0.3) is 0 Å². The van der Waals surface area contributed by atoms with E-state index in [0.29, 0.717) is 22.0 Å². The Morgan fingerprint density at radius 2 is 2.14 bits per heavy atom. The van der Waals surface area contributed by atoms with Gasteiger partial charge in [0.15, 0.2) is 0 Å². The molecule has 2 aromatic rings. The van der Waals surface area contributed by atoms with Gasteiger partial charge in [-0.05, 0) is 37.3 Å². The molecule has 0 bridgehead atoms. The van der Waals surface area contributed by atoms with Gasteiger partial charge in [0.1, 0.15) is 11.6 Å². The first-order valence-corrected chi connectivity index (χ1v) is 6.86. The fourth-order valence-electron chi connectivity index (χ4n) is 1.76. The summed E-state index contributed by atoms with van der Waals surface area (Å²) >= 11 is 6.02. The zero-order chi connectivity index (χ0) is 15.2. The molecule has 5 nitrogen and oxygen atoms in total. The fraction of sp³-hybridized carbons (Fsp3) is 0.200. The highest BCUT2D eigenvalue weighted by molar-refractivity contribution is 6.32. The summed E-state index contributed by atoms with van der Waals surface area (Å²) in [6.07, 6.45) is 1.53. The number of ether oxygens (including phenoxy) is 1. The molecule has 0 aliphatic carbocycles. The second-order valence-electron chi connectivity index (χ2n) is 4.27. The predicted octanol–water partition coefficient (Wildman–Crippen LogP) is 3.43. The lowest BCUT2D eigenvalue weighted by Gasteiger charge is -2.08. The number of benzene rings is 1. The summed E-state index contributed by atoms with van der Waals surface area (Å²) in [6.45, 7) is 2.76. The van der Waals surface area contributed by atoms with Crippen LogP contribution in [-0.4, -0.2) is 24.5 Å². The molecule has 2 N–H and O–H groups in total. The summed E-state index contributed by atoms with van der Waals surface area (Å²) in [4.78, 5) is 16.3. The van der Waals surface area contributed by atoms with Gasteiger partial charge in [-0.2, -0.15) is 0 Å². The quantitative estimate of drug-likeness (QED) is 0.888. The molecule has 1 aromatic carbocycles. The molecule has 0 spiro atoms. The number of hydrogen-bond acceptors (Lipinski definition) is 4. The third kappa shape index (κ3) is 3.86. The summed E-state index contributed by atoms with van der Waals surface area (Å²) in [6, 6.07) is 8.54. The third-order valence-electron chi connectivity index (χ3n) is 2.79. The lowest BCUT2D eigenvalue weighted by atomic mass is 10.2. The van der Waals surface area contributed by atoms with Crippen molar-refractivity contribution in [3.05, 3.63) is 47.1 Å². The normalized spacial score (nSPS) is 10.0. The van der Waals surface area contributed by atoms with Gasteiger partial charge in [-0.15, -0.1) is 0 Å². The van der Waals surface area contributed by atoms with Gasteiger partial charge < -0.3 is 15.4 Å². The van der Waals surface area contributed by atoms with Crippen LogP contribution >= 0.6 is 11.6 Å². The lowest BCUT2D eigenvalue weighted by molar-refractivity contribution is 0.102. The van der Waals surface area contributed by atoms with Crippen molar-refractivity contribution >= 4 is 29.0 Å². The fourth-order valence-corrected chi connectivity index (χ4v) is 2.02. The molecular weight excluding hydrogens is 290 g/mol. The van der Waals surface area contributed by atoms with Gasteiger partial charge in [0.25, 0.3) is 5.91 Å². The van der Waals surface area contributed by atoms with Crippen molar-refractivity contribution in [3.63, 3.8) is 0 Å². The van der Waals surface area contributed by atoms with Crippen molar-refractivity contribution in [2.75, 3.05) is 24.3 Å². The third-order valence-corrected chi connectivity index (χ3v) is 3.09. The highest BCUT2D eigenvalue weighted by atomic mass is 35.5. The second-order valence-corrected chi connectivity index (χ2v) is 4.67.